The molecule has 0 bridgehead atoms. The predicted octanol–water partition coefficient (Wildman–Crippen LogP) is 2.70. The molecule has 2 aliphatic rings. The smallest absolute Gasteiger partial charge is 0.310 e. The summed E-state index contributed by atoms with van der Waals surface area (Å²) in [4.78, 5) is 24.8. The standard InChI is InChI=1S/C18H20O4/c1-2-21-18(20)16-14(12-6-4-3-5-7-12)9-8-13-10-11-22-17(19)15(13)16/h3-9,13-16H,2,10-11H2,1H3/t13-,14+,15+,16+/m1/s1. The van der Waals surface area contributed by atoms with Crippen LogP contribution in [0.15, 0.2) is 42.5 Å². The summed E-state index contributed by atoms with van der Waals surface area (Å²) in [5.41, 5.74) is 1.02. The Hall–Kier alpha value is -2.10. The number of allylic oxidation sites excluding steroid dienone is 2. The summed E-state index contributed by atoms with van der Waals surface area (Å²) in [5, 5.41) is 0. The zero-order chi connectivity index (χ0) is 15.5. The van der Waals surface area contributed by atoms with Crippen molar-refractivity contribution in [1.29, 1.82) is 0 Å². The van der Waals surface area contributed by atoms with E-state index in [2.05, 4.69) is 12.2 Å². The van der Waals surface area contributed by atoms with Crippen LogP contribution in [0.5, 0.6) is 0 Å². The lowest BCUT2D eigenvalue weighted by molar-refractivity contribution is -0.168. The number of fused-ring (bicyclic) bond motifs is 1. The Morgan fingerprint density at radius 3 is 2.77 bits per heavy atom. The molecular weight excluding hydrogens is 280 g/mol. The van der Waals surface area contributed by atoms with E-state index in [0.29, 0.717) is 13.2 Å². The van der Waals surface area contributed by atoms with Crippen molar-refractivity contribution in [3.63, 3.8) is 0 Å². The molecule has 1 aliphatic carbocycles. The average Bonchev–Trinajstić information content (AvgIpc) is 2.55. The van der Waals surface area contributed by atoms with Gasteiger partial charge >= 0.3 is 11.9 Å². The molecule has 0 spiro atoms. The number of hydrogen-bond acceptors (Lipinski definition) is 4. The second kappa shape index (κ2) is 6.34. The van der Waals surface area contributed by atoms with Crippen LogP contribution in [0.2, 0.25) is 0 Å². The number of benzene rings is 1. The number of hydrogen-bond donors (Lipinski definition) is 0. The number of ether oxygens (including phenoxy) is 2. The third kappa shape index (κ3) is 2.65. The Kier molecular flexibility index (Phi) is 4.27. The molecule has 4 heteroatoms. The predicted molar refractivity (Wildman–Crippen MR) is 81.0 cm³/mol. The fraction of sp³-hybridized carbons (Fsp3) is 0.444. The van der Waals surface area contributed by atoms with Crippen molar-refractivity contribution in [2.45, 2.75) is 19.3 Å². The van der Waals surface area contributed by atoms with E-state index in [1.165, 1.54) is 0 Å². The van der Waals surface area contributed by atoms with Gasteiger partial charge in [-0.1, -0.05) is 42.5 Å². The quantitative estimate of drug-likeness (QED) is 0.636. The molecule has 1 aromatic carbocycles. The van der Waals surface area contributed by atoms with Crippen LogP contribution in [0, 0.1) is 17.8 Å². The molecule has 0 N–H and O–H groups in total. The first-order valence-electron chi connectivity index (χ1n) is 7.79. The molecule has 1 heterocycles. The normalized spacial score (nSPS) is 30.3. The second-order valence-corrected chi connectivity index (χ2v) is 5.75. The van der Waals surface area contributed by atoms with Crippen LogP contribution in [0.4, 0.5) is 0 Å². The Morgan fingerprint density at radius 1 is 1.27 bits per heavy atom. The molecule has 0 amide bonds. The molecule has 0 unspecified atom stereocenters. The Bertz CT molecular complexity index is 578. The molecule has 0 aromatic heterocycles. The zero-order valence-electron chi connectivity index (χ0n) is 12.6. The van der Waals surface area contributed by atoms with E-state index in [-0.39, 0.29) is 23.8 Å². The highest BCUT2D eigenvalue weighted by Crippen LogP contribution is 2.44. The van der Waals surface area contributed by atoms with Gasteiger partial charge in [0.1, 0.15) is 0 Å². The SMILES string of the molecule is CCOC(=O)[C@@H]1[C@H]2C(=O)OCC[C@H]2C=C[C@H]1c1ccccc1. The molecule has 22 heavy (non-hydrogen) atoms. The average molecular weight is 300 g/mol. The summed E-state index contributed by atoms with van der Waals surface area (Å²) in [7, 11) is 0. The highest BCUT2D eigenvalue weighted by atomic mass is 16.5. The molecule has 1 aliphatic heterocycles. The van der Waals surface area contributed by atoms with Crippen molar-refractivity contribution < 1.29 is 19.1 Å². The maximum Gasteiger partial charge on any atom is 0.310 e. The highest BCUT2D eigenvalue weighted by Gasteiger charge is 2.48. The minimum absolute atomic E-state index is 0.0654. The van der Waals surface area contributed by atoms with Crippen LogP contribution in [0.1, 0.15) is 24.8 Å². The largest absolute Gasteiger partial charge is 0.466 e. The van der Waals surface area contributed by atoms with Crippen LogP contribution < -0.4 is 0 Å². The summed E-state index contributed by atoms with van der Waals surface area (Å²) >= 11 is 0. The van der Waals surface area contributed by atoms with Crippen molar-refractivity contribution in [3.8, 4) is 0 Å². The van der Waals surface area contributed by atoms with E-state index >= 15 is 0 Å². The van der Waals surface area contributed by atoms with Crippen LogP contribution in [-0.2, 0) is 19.1 Å². The molecule has 1 saturated heterocycles. The van der Waals surface area contributed by atoms with Crippen molar-refractivity contribution >= 4 is 11.9 Å². The number of esters is 2. The molecule has 4 nitrogen and oxygen atoms in total. The van der Waals surface area contributed by atoms with Crippen molar-refractivity contribution in [1.82, 2.24) is 0 Å². The van der Waals surface area contributed by atoms with Crippen LogP contribution in [-0.4, -0.2) is 25.2 Å². The molecule has 4 atom stereocenters. The molecule has 1 aromatic rings. The second-order valence-electron chi connectivity index (χ2n) is 5.75. The lowest BCUT2D eigenvalue weighted by atomic mass is 9.67. The van der Waals surface area contributed by atoms with Crippen LogP contribution >= 0.6 is 0 Å². The Balaban J connectivity index is 2.00. The Morgan fingerprint density at radius 2 is 2.05 bits per heavy atom. The third-order valence-electron chi connectivity index (χ3n) is 4.51. The van der Waals surface area contributed by atoms with Gasteiger partial charge in [0.05, 0.1) is 25.0 Å². The van der Waals surface area contributed by atoms with E-state index in [0.717, 1.165) is 12.0 Å². The summed E-state index contributed by atoms with van der Waals surface area (Å²) in [5.74, 6) is -1.62. The van der Waals surface area contributed by atoms with Gasteiger partial charge in [-0.25, -0.2) is 0 Å². The van der Waals surface area contributed by atoms with Gasteiger partial charge < -0.3 is 9.47 Å². The zero-order valence-corrected chi connectivity index (χ0v) is 12.6. The number of rotatable bonds is 3. The van der Waals surface area contributed by atoms with Gasteiger partial charge in [0.2, 0.25) is 0 Å². The molecule has 0 radical (unpaired) electrons. The fourth-order valence-corrected chi connectivity index (χ4v) is 3.51. The van der Waals surface area contributed by atoms with Gasteiger partial charge in [0.25, 0.3) is 0 Å². The van der Waals surface area contributed by atoms with Gasteiger partial charge in [-0.3, -0.25) is 9.59 Å². The van der Waals surface area contributed by atoms with E-state index in [9.17, 15) is 9.59 Å². The molecule has 116 valence electrons. The molecule has 0 saturated carbocycles. The summed E-state index contributed by atoms with van der Waals surface area (Å²) < 4.78 is 10.5. The topological polar surface area (TPSA) is 52.6 Å². The summed E-state index contributed by atoms with van der Waals surface area (Å²) in [6, 6.07) is 9.78. The molecule has 3 rings (SSSR count). The minimum atomic E-state index is -0.509. The van der Waals surface area contributed by atoms with Gasteiger partial charge in [-0.15, -0.1) is 0 Å². The maximum atomic E-state index is 12.5. The van der Waals surface area contributed by atoms with E-state index in [1.54, 1.807) is 6.92 Å². The number of carbonyl (C=O) groups excluding carboxylic acids is 2. The first kappa shape index (κ1) is 14.8. The lowest BCUT2D eigenvalue weighted by Gasteiger charge is -2.39. The van der Waals surface area contributed by atoms with Crippen molar-refractivity contribution in [3.05, 3.63) is 48.0 Å². The van der Waals surface area contributed by atoms with E-state index < -0.39 is 11.8 Å². The third-order valence-corrected chi connectivity index (χ3v) is 4.51. The number of cyclic esters (lactones) is 1. The van der Waals surface area contributed by atoms with Crippen LogP contribution in [0.25, 0.3) is 0 Å². The Labute approximate surface area is 130 Å². The van der Waals surface area contributed by atoms with Crippen LogP contribution in [0.3, 0.4) is 0 Å². The van der Waals surface area contributed by atoms with Gasteiger partial charge in [0.15, 0.2) is 0 Å². The van der Waals surface area contributed by atoms with E-state index in [4.69, 9.17) is 9.47 Å². The lowest BCUT2D eigenvalue weighted by Crippen LogP contribution is -2.45. The summed E-state index contributed by atoms with van der Waals surface area (Å²) in [6.45, 7) is 2.52. The fourth-order valence-electron chi connectivity index (χ4n) is 3.51. The van der Waals surface area contributed by atoms with E-state index in [1.807, 2.05) is 30.3 Å². The van der Waals surface area contributed by atoms with Crippen molar-refractivity contribution in [2.24, 2.45) is 17.8 Å². The minimum Gasteiger partial charge on any atom is -0.466 e. The highest BCUT2D eigenvalue weighted by molar-refractivity contribution is 5.84. The summed E-state index contributed by atoms with van der Waals surface area (Å²) in [6.07, 6.45) is 4.89. The molecular formula is C18H20O4. The molecule has 1 fully saturated rings. The van der Waals surface area contributed by atoms with Gasteiger partial charge in [0, 0.05) is 5.92 Å². The monoisotopic (exact) mass is 300 g/mol. The first-order valence-corrected chi connectivity index (χ1v) is 7.79. The first-order chi connectivity index (χ1) is 10.7. The van der Waals surface area contributed by atoms with Gasteiger partial charge in [-0.05, 0) is 24.8 Å². The number of carbonyl (C=O) groups is 2. The van der Waals surface area contributed by atoms with Gasteiger partial charge in [-0.2, -0.15) is 0 Å². The maximum absolute atomic E-state index is 12.5. The van der Waals surface area contributed by atoms with Crippen molar-refractivity contribution in [2.75, 3.05) is 13.2 Å².